The minimum atomic E-state index is 0.597. The van der Waals surface area contributed by atoms with Gasteiger partial charge in [0.2, 0.25) is 0 Å². The van der Waals surface area contributed by atoms with Crippen molar-refractivity contribution in [2.24, 2.45) is 0 Å². The maximum Gasteiger partial charge on any atom is 0.164 e. The number of hydrogen-bond acceptors (Lipinski definition) is 24. The van der Waals surface area contributed by atoms with Crippen molar-refractivity contribution in [1.82, 2.24) is 69.8 Å². The Morgan fingerprint density at radius 1 is 0.245 bits per heavy atom. The summed E-state index contributed by atoms with van der Waals surface area (Å²) in [5.41, 5.74) is 16.7. The first-order valence-corrected chi connectivity index (χ1v) is 45.5. The Hall–Kier alpha value is -17.8. The SMILES string of the molecule is COc1cc2nc(-c3ccc4ccccc4c3)nc(NCCc3c[nH]c4ccccc34)c2cc1OC.COc1cc2nc(-c3cccc4cccnc34)nc(NCCc3c[nH]c4ccccc34)c2cc1OC.COc1cc2nc(-c3cccc4cccnc34)nc(NCCc3ccccn3)c2cc1OC.COc1ccc(-c2nc(NCCc3c[nH]c4ccccc34)c3cc(OC)c(OC)cc3n2)cc1. The summed E-state index contributed by atoms with van der Waals surface area (Å²) in [6.45, 7) is 2.81. The van der Waals surface area contributed by atoms with Crippen LogP contribution in [0, 0.1) is 0 Å². The molecule has 0 spiro atoms. The highest BCUT2D eigenvalue weighted by Gasteiger charge is 2.23. The molecule has 0 amide bonds. The lowest BCUT2D eigenvalue weighted by atomic mass is 10.1. The molecule has 22 aromatic rings. The normalized spacial score (nSPS) is 11.1. The molecule has 139 heavy (non-hydrogen) atoms. The number of aromatic amines is 3. The van der Waals surface area contributed by atoms with Crippen molar-refractivity contribution in [1.29, 1.82) is 0 Å². The predicted octanol–water partition coefficient (Wildman–Crippen LogP) is 23.0. The third kappa shape index (κ3) is 19.7. The first-order valence-electron chi connectivity index (χ1n) is 45.5. The molecule has 692 valence electrons. The summed E-state index contributed by atoms with van der Waals surface area (Å²) in [6.07, 6.45) is 14.9. The zero-order valence-corrected chi connectivity index (χ0v) is 78.1. The van der Waals surface area contributed by atoms with Gasteiger partial charge in [0.15, 0.2) is 69.3 Å². The van der Waals surface area contributed by atoms with Crippen molar-refractivity contribution in [3.05, 3.63) is 326 Å². The smallest absolute Gasteiger partial charge is 0.164 e. The lowest BCUT2D eigenvalue weighted by molar-refractivity contribution is 0.356. The number of aromatic nitrogens is 14. The number of pyridine rings is 3. The lowest BCUT2D eigenvalue weighted by Crippen LogP contribution is -2.09. The van der Waals surface area contributed by atoms with E-state index in [1.54, 1.807) is 82.6 Å². The average Bonchev–Trinajstić information content (AvgIpc) is 1.70. The molecule has 7 N–H and O–H groups in total. The Kier molecular flexibility index (Phi) is 27.2. The van der Waals surface area contributed by atoms with Gasteiger partial charge < -0.3 is 78.9 Å². The highest BCUT2D eigenvalue weighted by Crippen LogP contribution is 2.42. The summed E-state index contributed by atoms with van der Waals surface area (Å²) in [7, 11) is 14.7. The van der Waals surface area contributed by atoms with Crippen LogP contribution in [-0.4, -0.2) is 160 Å². The molecule has 0 aliphatic rings. The zero-order valence-electron chi connectivity index (χ0n) is 78.1. The van der Waals surface area contributed by atoms with Gasteiger partial charge in [-0.1, -0.05) is 133 Å². The van der Waals surface area contributed by atoms with E-state index in [1.165, 1.54) is 38.2 Å². The number of nitrogens with one attached hydrogen (secondary N) is 7. The molecular formula is C112H100N18O9. The Balaban J connectivity index is 0.000000118. The van der Waals surface area contributed by atoms with E-state index in [9.17, 15) is 0 Å². The number of para-hydroxylation sites is 5. The number of anilines is 4. The standard InChI is InChI=1S/C30H26N4O2.C29H25N5O2.C27H26N4O3.C26H23N5O2/c1-35-27-16-24-26(17-28(27)36-2)33-29(21-12-11-19-7-3-4-8-20(19)15-21)34-30(24)31-14-13-22-18-32-25-10-6-5-9-23(22)25;1-35-25-15-22-24(16-26(25)36-2)33-29(21-10-5-7-18-8-6-13-30-27(18)21)34-28(22)31-14-12-19-17-32-23-11-4-3-9-20(19)23;1-32-19-10-8-17(9-11-19)26-30-23-15-25(34-3)24(33-2)14-21(23)27(31-26)28-13-12-18-16-29-22-7-5-4-6-20(18)22;1-32-22-15-20-21(16-23(22)33-2)30-26(19-10-5-7-17-8-6-13-28-24(17)19)31-25(20)29-14-11-18-9-3-4-12-27-18/h3-12,15-18,32H,13-14H2,1-2H3,(H,31,33,34);3-11,13,15-17,32H,12,14H2,1-2H3,(H,31,33,34);4-11,14-16,29H,12-13H2,1-3H3,(H,28,30,31);3-10,12-13,15-16H,11,14H2,1-2H3,(H,29,30,31). The van der Waals surface area contributed by atoms with E-state index in [4.69, 9.17) is 82.5 Å². The Morgan fingerprint density at radius 2 is 0.576 bits per heavy atom. The number of ether oxygens (including phenoxy) is 9. The van der Waals surface area contributed by atoms with Crippen molar-refractivity contribution in [2.75, 3.05) is 111 Å². The monoisotopic (exact) mass is 1840 g/mol. The van der Waals surface area contributed by atoms with Crippen LogP contribution in [0.3, 0.4) is 0 Å². The molecule has 27 nitrogen and oxygen atoms in total. The number of methoxy groups -OCH3 is 9. The molecule has 12 aromatic carbocycles. The summed E-state index contributed by atoms with van der Waals surface area (Å²) in [5.74, 6) is 11.3. The van der Waals surface area contributed by atoms with Crippen LogP contribution in [0.2, 0.25) is 0 Å². The first kappa shape index (κ1) is 90.4. The van der Waals surface area contributed by atoms with Crippen LogP contribution in [0.4, 0.5) is 23.3 Å². The third-order valence-corrected chi connectivity index (χ3v) is 24.4. The van der Waals surface area contributed by atoms with Crippen molar-refractivity contribution >= 4 is 132 Å². The fourth-order valence-corrected chi connectivity index (χ4v) is 17.3. The van der Waals surface area contributed by atoms with Crippen LogP contribution < -0.4 is 63.9 Å². The van der Waals surface area contributed by atoms with Crippen LogP contribution >= 0.6 is 0 Å². The Bertz CT molecular complexity index is 8170. The maximum absolute atomic E-state index is 5.56. The molecule has 10 aromatic heterocycles. The molecule has 0 saturated carbocycles. The predicted molar refractivity (Wildman–Crippen MR) is 555 cm³/mol. The number of hydrogen-bond donors (Lipinski definition) is 7. The molecule has 0 unspecified atom stereocenters. The van der Waals surface area contributed by atoms with Gasteiger partial charge in [0.1, 0.15) is 29.0 Å². The van der Waals surface area contributed by atoms with E-state index < -0.39 is 0 Å². The Morgan fingerprint density at radius 3 is 0.971 bits per heavy atom. The molecule has 0 fully saturated rings. The van der Waals surface area contributed by atoms with Crippen molar-refractivity contribution in [2.45, 2.75) is 25.7 Å². The van der Waals surface area contributed by atoms with Gasteiger partial charge in [-0.25, -0.2) is 39.9 Å². The van der Waals surface area contributed by atoms with E-state index in [-0.39, 0.29) is 0 Å². The highest BCUT2D eigenvalue weighted by atomic mass is 16.5. The molecular weight excluding hydrogens is 1740 g/mol. The van der Waals surface area contributed by atoms with Crippen molar-refractivity contribution < 1.29 is 42.6 Å². The number of nitrogens with zero attached hydrogens (tertiary/aromatic N) is 11. The van der Waals surface area contributed by atoms with Gasteiger partial charge in [0, 0.05) is 187 Å². The first-order chi connectivity index (χ1) is 68.4. The van der Waals surface area contributed by atoms with Crippen LogP contribution in [0.1, 0.15) is 22.4 Å². The van der Waals surface area contributed by atoms with Gasteiger partial charge in [0.25, 0.3) is 0 Å². The second-order valence-electron chi connectivity index (χ2n) is 32.6. The molecule has 0 bridgehead atoms. The second-order valence-corrected chi connectivity index (χ2v) is 32.6. The highest BCUT2D eigenvalue weighted by molar-refractivity contribution is 6.01. The maximum atomic E-state index is 5.56. The number of H-pyrrole nitrogens is 3. The molecule has 0 aliphatic heterocycles. The van der Waals surface area contributed by atoms with E-state index in [0.717, 1.165) is 177 Å². The van der Waals surface area contributed by atoms with Crippen LogP contribution in [-0.2, 0) is 25.7 Å². The van der Waals surface area contributed by atoms with Gasteiger partial charge in [-0.15, -0.1) is 0 Å². The summed E-state index contributed by atoms with van der Waals surface area (Å²) in [6, 6.07) is 88.5. The zero-order chi connectivity index (χ0) is 95.1. The van der Waals surface area contributed by atoms with Crippen LogP contribution in [0.5, 0.6) is 51.7 Å². The fraction of sp³-hybridized carbons (Fsp3) is 0.152. The minimum absolute atomic E-state index is 0.597. The Labute approximate surface area is 800 Å². The van der Waals surface area contributed by atoms with Gasteiger partial charge in [0.05, 0.1) is 97.1 Å². The van der Waals surface area contributed by atoms with Gasteiger partial charge in [-0.05, 0) is 156 Å². The van der Waals surface area contributed by atoms with Gasteiger partial charge in [-0.3, -0.25) is 15.0 Å². The van der Waals surface area contributed by atoms with Gasteiger partial charge >= 0.3 is 0 Å². The molecule has 27 heteroatoms. The molecule has 22 rings (SSSR count). The quantitative estimate of drug-likeness (QED) is 0.0229. The van der Waals surface area contributed by atoms with E-state index in [0.29, 0.717) is 88.9 Å². The summed E-state index contributed by atoms with van der Waals surface area (Å²) < 4.78 is 49.6. The summed E-state index contributed by atoms with van der Waals surface area (Å²) in [4.78, 5) is 62.8. The summed E-state index contributed by atoms with van der Waals surface area (Å²) in [5, 5.41) is 25.7. The molecule has 0 aliphatic carbocycles. The van der Waals surface area contributed by atoms with E-state index >= 15 is 0 Å². The van der Waals surface area contributed by atoms with Gasteiger partial charge in [-0.2, -0.15) is 0 Å². The largest absolute Gasteiger partial charge is 0.497 e. The van der Waals surface area contributed by atoms with Crippen LogP contribution in [0.15, 0.2) is 304 Å². The fourth-order valence-electron chi connectivity index (χ4n) is 17.3. The van der Waals surface area contributed by atoms with Crippen LogP contribution in [0.25, 0.3) is 154 Å². The number of benzene rings is 12. The van der Waals surface area contributed by atoms with Crippen molar-refractivity contribution in [3.8, 4) is 97.3 Å². The molecule has 10 heterocycles. The minimum Gasteiger partial charge on any atom is -0.497 e. The topological polar surface area (TPSA) is 320 Å². The number of fused-ring (bicyclic) bond motifs is 10. The average molecular weight is 1840 g/mol. The third-order valence-electron chi connectivity index (χ3n) is 24.4. The van der Waals surface area contributed by atoms with Crippen molar-refractivity contribution in [3.63, 3.8) is 0 Å². The summed E-state index contributed by atoms with van der Waals surface area (Å²) >= 11 is 0. The number of rotatable bonds is 29. The molecule has 0 atom stereocenters. The molecule has 0 saturated heterocycles. The lowest BCUT2D eigenvalue weighted by Gasteiger charge is -2.14. The van der Waals surface area contributed by atoms with E-state index in [1.807, 2.05) is 182 Å². The van der Waals surface area contributed by atoms with E-state index in [2.05, 4.69) is 155 Å². The molecule has 0 radical (unpaired) electrons. The second kappa shape index (κ2) is 41.8.